The predicted octanol–water partition coefficient (Wildman–Crippen LogP) is 3.99. The molecule has 0 aliphatic carbocycles. The minimum Gasteiger partial charge on any atom is -0.506 e. The molecule has 1 amide bonds. The van der Waals surface area contributed by atoms with Gasteiger partial charge in [-0.3, -0.25) is 19.5 Å². The first kappa shape index (κ1) is 20.7. The number of ether oxygens (including phenoxy) is 1. The van der Waals surface area contributed by atoms with Crippen LogP contribution in [-0.2, 0) is 20.7 Å². The highest BCUT2D eigenvalue weighted by Gasteiger charge is 2.35. The molecule has 6 nitrogen and oxygen atoms in total. The Hall–Kier alpha value is -3.06. The first-order valence-corrected chi connectivity index (χ1v) is 10.1. The molecule has 2 aromatic carbocycles. The van der Waals surface area contributed by atoms with Gasteiger partial charge in [-0.1, -0.05) is 43.3 Å². The van der Waals surface area contributed by atoms with E-state index in [1.807, 2.05) is 31.2 Å². The number of benzene rings is 2. The van der Waals surface area contributed by atoms with E-state index >= 15 is 0 Å². The Balaban J connectivity index is 1.89. The molecule has 0 unspecified atom stereocenters. The molecule has 0 radical (unpaired) electrons. The van der Waals surface area contributed by atoms with Crippen molar-refractivity contribution in [3.8, 4) is 5.75 Å². The first-order valence-electron chi connectivity index (χ1n) is 9.25. The van der Waals surface area contributed by atoms with Crippen LogP contribution in [-0.4, -0.2) is 35.8 Å². The normalized spacial score (nSPS) is 16.6. The van der Waals surface area contributed by atoms with E-state index in [-0.39, 0.29) is 24.0 Å². The molecule has 1 heterocycles. The highest BCUT2D eigenvalue weighted by atomic mass is 32.2. The zero-order valence-corrected chi connectivity index (χ0v) is 17.1. The zero-order valence-electron chi connectivity index (χ0n) is 16.3. The van der Waals surface area contributed by atoms with E-state index in [1.165, 1.54) is 23.8 Å². The number of para-hydroxylation sites is 2. The highest BCUT2D eigenvalue weighted by molar-refractivity contribution is 8.19. The Bertz CT molecular complexity index is 967. The summed E-state index contributed by atoms with van der Waals surface area (Å²) in [7, 11) is 1.36. The van der Waals surface area contributed by atoms with E-state index in [4.69, 9.17) is 0 Å². The topological polar surface area (TPSA) is 79.2 Å². The third kappa shape index (κ3) is 4.86. The third-order valence-electron chi connectivity index (χ3n) is 4.25. The third-order valence-corrected chi connectivity index (χ3v) is 5.26. The van der Waals surface area contributed by atoms with Gasteiger partial charge in [0.2, 0.25) is 0 Å². The Labute approximate surface area is 173 Å². The van der Waals surface area contributed by atoms with Crippen molar-refractivity contribution in [1.29, 1.82) is 0 Å². The van der Waals surface area contributed by atoms with Gasteiger partial charge in [0.05, 0.1) is 24.1 Å². The molecule has 7 heteroatoms. The van der Waals surface area contributed by atoms with Crippen LogP contribution in [0.15, 0.2) is 58.4 Å². The second kappa shape index (κ2) is 9.43. The van der Waals surface area contributed by atoms with Crippen LogP contribution >= 0.6 is 11.8 Å². The SMILES string of the molecule is CCCN=C1S/C(=C\c2ccc(CC(=O)OC)cc2)C(=O)N1c1ccccc1O. The zero-order chi connectivity index (χ0) is 20.8. The van der Waals surface area contributed by atoms with E-state index in [1.54, 1.807) is 30.3 Å². The number of anilines is 1. The van der Waals surface area contributed by atoms with E-state index in [9.17, 15) is 14.7 Å². The van der Waals surface area contributed by atoms with Crippen molar-refractivity contribution >= 4 is 40.6 Å². The number of phenolic OH excluding ortho intramolecular Hbond substituents is 1. The van der Waals surface area contributed by atoms with E-state index < -0.39 is 0 Å². The summed E-state index contributed by atoms with van der Waals surface area (Å²) >= 11 is 1.29. The van der Waals surface area contributed by atoms with Crippen molar-refractivity contribution in [1.82, 2.24) is 0 Å². The lowest BCUT2D eigenvalue weighted by Gasteiger charge is -2.16. The van der Waals surface area contributed by atoms with Crippen LogP contribution in [0.2, 0.25) is 0 Å². The molecule has 0 aromatic heterocycles. The predicted molar refractivity (Wildman–Crippen MR) is 116 cm³/mol. The fourth-order valence-electron chi connectivity index (χ4n) is 2.77. The summed E-state index contributed by atoms with van der Waals surface area (Å²) < 4.78 is 4.68. The van der Waals surface area contributed by atoms with Gasteiger partial charge in [-0.15, -0.1) is 0 Å². The Morgan fingerprint density at radius 1 is 1.21 bits per heavy atom. The fraction of sp³-hybridized carbons (Fsp3) is 0.227. The van der Waals surface area contributed by atoms with Gasteiger partial charge in [0.25, 0.3) is 5.91 Å². The van der Waals surface area contributed by atoms with Gasteiger partial charge in [0.15, 0.2) is 5.17 Å². The van der Waals surface area contributed by atoms with Crippen LogP contribution < -0.4 is 4.90 Å². The number of amidine groups is 1. The summed E-state index contributed by atoms with van der Waals surface area (Å²) in [6.45, 7) is 2.61. The number of hydrogen-bond acceptors (Lipinski definition) is 6. The molecular weight excluding hydrogens is 388 g/mol. The maximum Gasteiger partial charge on any atom is 0.309 e. The number of phenols is 1. The van der Waals surface area contributed by atoms with Gasteiger partial charge < -0.3 is 9.84 Å². The maximum atomic E-state index is 13.1. The highest BCUT2D eigenvalue weighted by Crippen LogP contribution is 2.39. The van der Waals surface area contributed by atoms with Crippen LogP contribution in [0.25, 0.3) is 6.08 Å². The number of hydrogen-bond donors (Lipinski definition) is 1. The van der Waals surface area contributed by atoms with Crippen molar-refractivity contribution in [2.24, 2.45) is 4.99 Å². The standard InChI is InChI=1S/C22H22N2O4S/c1-3-12-23-22-24(17-6-4-5-7-18(17)25)21(27)19(29-22)13-15-8-10-16(11-9-15)14-20(26)28-2/h4-11,13,25H,3,12,14H2,1-2H3/b19-13-,23-22?. The Kier molecular flexibility index (Phi) is 6.72. The Morgan fingerprint density at radius 2 is 1.93 bits per heavy atom. The maximum absolute atomic E-state index is 13.1. The molecule has 3 rings (SSSR count). The van der Waals surface area contributed by atoms with Crippen LogP contribution in [0, 0.1) is 0 Å². The minimum absolute atomic E-state index is 0.0269. The summed E-state index contributed by atoms with van der Waals surface area (Å²) in [6, 6.07) is 14.1. The molecule has 1 fully saturated rings. The van der Waals surface area contributed by atoms with Crippen LogP contribution in [0.1, 0.15) is 24.5 Å². The van der Waals surface area contributed by atoms with E-state index in [2.05, 4.69) is 9.73 Å². The van der Waals surface area contributed by atoms with Crippen molar-refractivity contribution in [3.63, 3.8) is 0 Å². The average Bonchev–Trinajstić information content (AvgIpc) is 3.03. The van der Waals surface area contributed by atoms with Crippen molar-refractivity contribution in [3.05, 3.63) is 64.6 Å². The number of carbonyl (C=O) groups is 2. The van der Waals surface area contributed by atoms with Gasteiger partial charge in [0, 0.05) is 6.54 Å². The minimum atomic E-state index is -0.298. The monoisotopic (exact) mass is 410 g/mol. The lowest BCUT2D eigenvalue weighted by molar-refractivity contribution is -0.139. The van der Waals surface area contributed by atoms with Gasteiger partial charge >= 0.3 is 5.97 Å². The Morgan fingerprint density at radius 3 is 2.59 bits per heavy atom. The summed E-state index contributed by atoms with van der Waals surface area (Å²) in [5.74, 6) is -0.503. The van der Waals surface area contributed by atoms with Crippen LogP contribution in [0.4, 0.5) is 5.69 Å². The fourth-order valence-corrected chi connectivity index (χ4v) is 3.77. The second-order valence-corrected chi connectivity index (χ2v) is 7.41. The number of rotatable bonds is 6. The van der Waals surface area contributed by atoms with Gasteiger partial charge in [-0.2, -0.15) is 0 Å². The number of carbonyl (C=O) groups excluding carboxylic acids is 2. The number of aliphatic imine (C=N–C) groups is 1. The summed E-state index contributed by atoms with van der Waals surface area (Å²) in [6.07, 6.45) is 2.85. The van der Waals surface area contributed by atoms with Gasteiger partial charge in [0.1, 0.15) is 5.75 Å². The number of thioether (sulfide) groups is 1. The van der Waals surface area contributed by atoms with Crippen LogP contribution in [0.3, 0.4) is 0 Å². The summed E-state index contributed by atoms with van der Waals surface area (Å²) in [5, 5.41) is 10.8. The van der Waals surface area contributed by atoms with Crippen molar-refractivity contribution < 1.29 is 19.4 Å². The summed E-state index contributed by atoms with van der Waals surface area (Å²) in [5.41, 5.74) is 2.09. The van der Waals surface area contributed by atoms with Gasteiger partial charge in [-0.05, 0) is 47.5 Å². The number of amides is 1. The van der Waals surface area contributed by atoms with Crippen LogP contribution in [0.5, 0.6) is 5.75 Å². The molecule has 0 saturated carbocycles. The van der Waals surface area contributed by atoms with Crippen molar-refractivity contribution in [2.75, 3.05) is 18.6 Å². The average molecular weight is 410 g/mol. The number of esters is 1. The molecule has 0 atom stereocenters. The van der Waals surface area contributed by atoms with E-state index in [0.717, 1.165) is 17.5 Å². The number of nitrogens with zero attached hydrogens (tertiary/aromatic N) is 2. The number of methoxy groups -OCH3 is 1. The smallest absolute Gasteiger partial charge is 0.309 e. The quantitative estimate of drug-likeness (QED) is 0.575. The first-order chi connectivity index (χ1) is 14.0. The molecule has 0 spiro atoms. The lowest BCUT2D eigenvalue weighted by atomic mass is 10.1. The lowest BCUT2D eigenvalue weighted by Crippen LogP contribution is -2.29. The molecule has 29 heavy (non-hydrogen) atoms. The molecule has 0 bridgehead atoms. The molecule has 150 valence electrons. The van der Waals surface area contributed by atoms with Gasteiger partial charge in [-0.25, -0.2) is 0 Å². The van der Waals surface area contributed by atoms with Crippen molar-refractivity contribution in [2.45, 2.75) is 19.8 Å². The van der Waals surface area contributed by atoms with E-state index in [0.29, 0.717) is 22.3 Å². The molecule has 1 N–H and O–H groups in total. The molecule has 1 saturated heterocycles. The molecule has 2 aromatic rings. The number of aromatic hydroxyl groups is 1. The molecule has 1 aliphatic rings. The largest absolute Gasteiger partial charge is 0.506 e. The molecule has 1 aliphatic heterocycles. The molecular formula is C22H22N2O4S. The summed E-state index contributed by atoms with van der Waals surface area (Å²) in [4.78, 5) is 30.9. The second-order valence-electron chi connectivity index (χ2n) is 6.40.